The monoisotopic (exact) mass is 491 g/mol. The maximum absolute atomic E-state index is 13.5. The van der Waals surface area contributed by atoms with Crippen molar-refractivity contribution in [1.29, 1.82) is 0 Å². The van der Waals surface area contributed by atoms with Crippen LogP contribution in [0.5, 0.6) is 0 Å². The quantitative estimate of drug-likeness (QED) is 0.581. The minimum Gasteiger partial charge on any atom is -0.381 e. The summed E-state index contributed by atoms with van der Waals surface area (Å²) in [6, 6.07) is 10.6. The number of carbonyl (C=O) groups is 2. The van der Waals surface area contributed by atoms with Crippen LogP contribution in [-0.4, -0.2) is 83.6 Å². The highest BCUT2D eigenvalue weighted by Gasteiger charge is 2.42. The lowest BCUT2D eigenvalue weighted by atomic mass is 10.0. The maximum Gasteiger partial charge on any atom is 0.268 e. The molecule has 4 heterocycles. The molecule has 3 N–H and O–H groups in total. The fourth-order valence-corrected chi connectivity index (χ4v) is 5.70. The Bertz CT molecular complexity index is 1070. The van der Waals surface area contributed by atoms with Crippen molar-refractivity contribution in [3.8, 4) is 0 Å². The molecule has 0 bridgehead atoms. The molecule has 36 heavy (non-hydrogen) atoms. The number of amides is 2. The Morgan fingerprint density at radius 2 is 1.78 bits per heavy atom. The van der Waals surface area contributed by atoms with E-state index in [-0.39, 0.29) is 23.2 Å². The molecule has 0 spiro atoms. The van der Waals surface area contributed by atoms with Crippen LogP contribution in [0.15, 0.2) is 30.3 Å². The number of nitrogens with one attached hydrogen (secondary N) is 1. The Morgan fingerprint density at radius 3 is 2.44 bits per heavy atom. The van der Waals surface area contributed by atoms with Crippen LogP contribution < -0.4 is 11.1 Å². The summed E-state index contributed by atoms with van der Waals surface area (Å²) in [7, 11) is 0. The van der Waals surface area contributed by atoms with Crippen LogP contribution in [0.1, 0.15) is 51.4 Å². The predicted octanol–water partition coefficient (Wildman–Crippen LogP) is 2.12. The number of likely N-dealkylation sites (tertiary alicyclic amines) is 2. The van der Waals surface area contributed by atoms with Gasteiger partial charge in [-0.05, 0) is 56.6 Å². The number of hydrogen-bond acceptors (Lipinski definition) is 7. The summed E-state index contributed by atoms with van der Waals surface area (Å²) in [4.78, 5) is 39.0. The van der Waals surface area contributed by atoms with Crippen LogP contribution >= 0.6 is 0 Å². The Balaban J connectivity index is 1.19. The number of aryl methyl sites for hydroxylation is 1. The molecule has 0 aliphatic carbocycles. The molecule has 3 aliphatic rings. The number of nitrogens with zero attached hydrogens (tertiary/aromatic N) is 4. The molecule has 0 saturated carbocycles. The number of carbonyl (C=O) groups excluding carboxylic acids is 2. The Labute approximate surface area is 212 Å². The van der Waals surface area contributed by atoms with Gasteiger partial charge in [0.25, 0.3) is 11.8 Å². The standard InChI is InChI=1S/C27H35N6O3/c1-18-23(24(25(28)34)31-27(29-18)30-22-9-12-36-13-10-22)26(35)33-16-20-14-32(15-21(20)17-33)11-5-8-19-6-3-2-4-7-19/h2-4,6-8,20-22H,5,9-17H2,1H3,(H2,28,34)(H,29,30,31)/t20-,21?/m0/s1. The molecule has 3 aliphatic heterocycles. The summed E-state index contributed by atoms with van der Waals surface area (Å²) in [5.74, 6) is 0.319. The second kappa shape index (κ2) is 10.9. The van der Waals surface area contributed by atoms with Gasteiger partial charge in [-0.2, -0.15) is 0 Å². The molecule has 2 atom stereocenters. The van der Waals surface area contributed by atoms with E-state index in [9.17, 15) is 9.59 Å². The first kappa shape index (κ1) is 24.6. The molecule has 3 saturated heterocycles. The van der Waals surface area contributed by atoms with E-state index in [0.29, 0.717) is 49.8 Å². The summed E-state index contributed by atoms with van der Waals surface area (Å²) in [5.41, 5.74) is 7.63. The third kappa shape index (κ3) is 5.52. The fraction of sp³-hybridized carbons (Fsp3) is 0.519. The molecular formula is C27H35N6O3. The first-order valence-electron chi connectivity index (χ1n) is 12.9. The van der Waals surface area contributed by atoms with Crippen molar-refractivity contribution < 1.29 is 14.3 Å². The van der Waals surface area contributed by atoms with Crippen LogP contribution in [0.2, 0.25) is 0 Å². The minimum atomic E-state index is -0.709. The van der Waals surface area contributed by atoms with Gasteiger partial charge in [0.15, 0.2) is 0 Å². The SMILES string of the molecule is Cc1nc(NC2CCOCC2)nc(C(N)=O)c1C(=O)N1CC2CN(CC[CH]c3ccccc3)C[C@H]2C1. The molecule has 1 radical (unpaired) electrons. The van der Waals surface area contributed by atoms with Gasteiger partial charge >= 0.3 is 0 Å². The van der Waals surface area contributed by atoms with Crippen molar-refractivity contribution in [3.63, 3.8) is 0 Å². The summed E-state index contributed by atoms with van der Waals surface area (Å²) >= 11 is 0. The van der Waals surface area contributed by atoms with E-state index < -0.39 is 5.91 Å². The number of rotatable bonds is 8. The molecule has 5 rings (SSSR count). The van der Waals surface area contributed by atoms with Crippen molar-refractivity contribution in [2.75, 3.05) is 51.3 Å². The lowest BCUT2D eigenvalue weighted by Crippen LogP contribution is -2.36. The molecule has 9 heteroatoms. The molecule has 191 valence electrons. The van der Waals surface area contributed by atoms with Gasteiger partial charge in [0.1, 0.15) is 5.69 Å². The van der Waals surface area contributed by atoms with Gasteiger partial charge in [0.05, 0.1) is 11.3 Å². The third-order valence-corrected chi connectivity index (χ3v) is 7.57. The summed E-state index contributed by atoms with van der Waals surface area (Å²) in [5, 5.41) is 3.27. The summed E-state index contributed by atoms with van der Waals surface area (Å²) in [6.07, 6.45) is 4.97. The lowest BCUT2D eigenvalue weighted by molar-refractivity contribution is 0.0766. The minimum absolute atomic E-state index is 0.00260. The van der Waals surface area contributed by atoms with E-state index in [2.05, 4.69) is 50.9 Å². The van der Waals surface area contributed by atoms with Gasteiger partial charge in [0.2, 0.25) is 5.95 Å². The normalized spacial score (nSPS) is 22.5. The molecular weight excluding hydrogens is 456 g/mol. The highest BCUT2D eigenvalue weighted by Crippen LogP contribution is 2.33. The number of primary amides is 1. The van der Waals surface area contributed by atoms with Crippen molar-refractivity contribution in [3.05, 3.63) is 59.3 Å². The number of aromatic nitrogens is 2. The number of anilines is 1. The Hall–Kier alpha value is -3.04. The van der Waals surface area contributed by atoms with E-state index in [1.165, 1.54) is 5.56 Å². The van der Waals surface area contributed by atoms with E-state index >= 15 is 0 Å². The van der Waals surface area contributed by atoms with Gasteiger partial charge < -0.3 is 25.6 Å². The van der Waals surface area contributed by atoms with Crippen LogP contribution in [-0.2, 0) is 4.74 Å². The summed E-state index contributed by atoms with van der Waals surface area (Å²) < 4.78 is 5.40. The topological polar surface area (TPSA) is 114 Å². The smallest absolute Gasteiger partial charge is 0.268 e. The molecule has 1 unspecified atom stereocenters. The van der Waals surface area contributed by atoms with Crippen molar-refractivity contribution in [2.45, 2.75) is 32.2 Å². The van der Waals surface area contributed by atoms with Gasteiger partial charge in [0, 0.05) is 45.4 Å². The number of fused-ring (bicyclic) bond motifs is 1. The van der Waals surface area contributed by atoms with Crippen molar-refractivity contribution in [1.82, 2.24) is 19.8 Å². The third-order valence-electron chi connectivity index (χ3n) is 7.57. The first-order chi connectivity index (χ1) is 17.5. The zero-order valence-electron chi connectivity index (χ0n) is 20.9. The van der Waals surface area contributed by atoms with Crippen LogP contribution in [0.4, 0.5) is 5.95 Å². The van der Waals surface area contributed by atoms with E-state index in [0.717, 1.165) is 38.9 Å². The van der Waals surface area contributed by atoms with Gasteiger partial charge in [-0.25, -0.2) is 9.97 Å². The lowest BCUT2D eigenvalue weighted by Gasteiger charge is -2.24. The van der Waals surface area contributed by atoms with E-state index in [4.69, 9.17) is 10.5 Å². The highest BCUT2D eigenvalue weighted by atomic mass is 16.5. The Morgan fingerprint density at radius 1 is 1.08 bits per heavy atom. The van der Waals surface area contributed by atoms with Crippen LogP contribution in [0.25, 0.3) is 0 Å². The second-order valence-corrected chi connectivity index (χ2v) is 10.1. The van der Waals surface area contributed by atoms with Gasteiger partial charge in [-0.3, -0.25) is 9.59 Å². The first-order valence-corrected chi connectivity index (χ1v) is 12.9. The molecule has 2 amide bonds. The second-order valence-electron chi connectivity index (χ2n) is 10.1. The number of ether oxygens (including phenoxy) is 1. The molecule has 9 nitrogen and oxygen atoms in total. The number of benzene rings is 1. The number of hydrogen-bond donors (Lipinski definition) is 2. The predicted molar refractivity (Wildman–Crippen MR) is 137 cm³/mol. The van der Waals surface area contributed by atoms with Gasteiger partial charge in [-0.15, -0.1) is 0 Å². The highest BCUT2D eigenvalue weighted by molar-refractivity contribution is 6.06. The van der Waals surface area contributed by atoms with Crippen molar-refractivity contribution in [2.24, 2.45) is 17.6 Å². The Kier molecular flexibility index (Phi) is 7.48. The summed E-state index contributed by atoms with van der Waals surface area (Å²) in [6.45, 7) is 7.47. The maximum atomic E-state index is 13.5. The van der Waals surface area contributed by atoms with Gasteiger partial charge in [-0.1, -0.05) is 30.3 Å². The fourth-order valence-electron chi connectivity index (χ4n) is 5.70. The molecule has 1 aromatic carbocycles. The largest absolute Gasteiger partial charge is 0.381 e. The molecule has 2 aromatic rings. The molecule has 1 aromatic heterocycles. The molecule has 3 fully saturated rings. The van der Waals surface area contributed by atoms with Crippen LogP contribution in [0, 0.1) is 25.2 Å². The zero-order valence-corrected chi connectivity index (χ0v) is 20.9. The van der Waals surface area contributed by atoms with E-state index in [1.807, 2.05) is 11.0 Å². The average molecular weight is 492 g/mol. The average Bonchev–Trinajstić information content (AvgIpc) is 3.44. The number of nitrogens with two attached hydrogens (primary N) is 1. The van der Waals surface area contributed by atoms with Crippen molar-refractivity contribution >= 4 is 17.8 Å². The van der Waals surface area contributed by atoms with Crippen LogP contribution in [0.3, 0.4) is 0 Å². The van der Waals surface area contributed by atoms with E-state index in [1.54, 1.807) is 6.92 Å². The zero-order chi connectivity index (χ0) is 25.1.